The van der Waals surface area contributed by atoms with Crippen LogP contribution in [0.15, 0.2) is 23.8 Å². The van der Waals surface area contributed by atoms with E-state index in [0.29, 0.717) is 25.6 Å². The van der Waals surface area contributed by atoms with Crippen LogP contribution in [0.3, 0.4) is 0 Å². The van der Waals surface area contributed by atoms with Gasteiger partial charge in [0.25, 0.3) is 5.91 Å². The first-order chi connectivity index (χ1) is 13.1. The molecule has 0 radical (unpaired) electrons. The third kappa shape index (κ3) is 3.35. The number of hydrogen-bond acceptors (Lipinski definition) is 6. The lowest BCUT2D eigenvalue weighted by Gasteiger charge is -2.15. The minimum Gasteiger partial charge on any atom is -0.338 e. The molecule has 0 unspecified atom stereocenters. The predicted octanol–water partition coefficient (Wildman–Crippen LogP) is 2.60. The molecule has 4 rings (SSSR count). The van der Waals surface area contributed by atoms with E-state index < -0.39 is 0 Å². The average molecular weight is 385 g/mol. The number of nitrogens with zero attached hydrogens (tertiary/aromatic N) is 5. The summed E-state index contributed by atoms with van der Waals surface area (Å²) in [5, 5.41) is 6.70. The Morgan fingerprint density at radius 1 is 1.37 bits per heavy atom. The molecular weight excluding hydrogens is 360 g/mol. The smallest absolute Gasteiger partial charge is 0.254 e. The fraction of sp³-hybridized carbons (Fsp3) is 0.474. The van der Waals surface area contributed by atoms with Gasteiger partial charge in [0.15, 0.2) is 5.65 Å². The van der Waals surface area contributed by atoms with Gasteiger partial charge in [-0.2, -0.15) is 5.10 Å². The Labute approximate surface area is 162 Å². The Hall–Kier alpha value is -2.32. The normalized spacial score (nSPS) is 17.3. The molecule has 0 aliphatic carbocycles. The zero-order valence-electron chi connectivity index (χ0n) is 15.6. The molecule has 3 aromatic rings. The van der Waals surface area contributed by atoms with Crippen molar-refractivity contribution < 1.29 is 4.79 Å². The van der Waals surface area contributed by atoms with Crippen LogP contribution in [0.5, 0.6) is 0 Å². The molecule has 142 valence electrons. The number of carbonyl (C=O) groups excluding carboxylic acids is 1. The van der Waals surface area contributed by atoms with Gasteiger partial charge in [-0.1, -0.05) is 13.8 Å². The van der Waals surface area contributed by atoms with Crippen molar-refractivity contribution in [2.45, 2.75) is 38.6 Å². The van der Waals surface area contributed by atoms with Crippen molar-refractivity contribution in [3.8, 4) is 0 Å². The minimum atomic E-state index is 0.109. The van der Waals surface area contributed by atoms with Crippen LogP contribution in [-0.4, -0.2) is 50.2 Å². The SMILES string of the molecule is CC(C)c1cc(C(=O)N2CC[C@@H](c3nn(CCN)c4nccnc34)C2)cs1. The zero-order valence-corrected chi connectivity index (χ0v) is 16.4. The Kier molecular flexibility index (Phi) is 4.92. The Balaban J connectivity index is 1.56. The molecule has 0 aromatic carbocycles. The number of amides is 1. The topological polar surface area (TPSA) is 89.9 Å². The summed E-state index contributed by atoms with van der Waals surface area (Å²) < 4.78 is 1.83. The maximum atomic E-state index is 12.9. The van der Waals surface area contributed by atoms with Crippen LogP contribution >= 0.6 is 11.3 Å². The highest BCUT2D eigenvalue weighted by atomic mass is 32.1. The lowest BCUT2D eigenvalue weighted by molar-refractivity contribution is 0.0791. The van der Waals surface area contributed by atoms with E-state index >= 15 is 0 Å². The second-order valence-electron chi connectivity index (χ2n) is 7.25. The number of fused-ring (bicyclic) bond motifs is 1. The number of likely N-dealkylation sites (tertiary alicyclic amines) is 1. The number of carbonyl (C=O) groups is 1. The summed E-state index contributed by atoms with van der Waals surface area (Å²) in [5.41, 5.74) is 9.01. The van der Waals surface area contributed by atoms with Gasteiger partial charge in [-0.25, -0.2) is 14.6 Å². The second kappa shape index (κ2) is 7.36. The van der Waals surface area contributed by atoms with Crippen LogP contribution in [0.25, 0.3) is 11.2 Å². The molecule has 1 atom stereocenters. The summed E-state index contributed by atoms with van der Waals surface area (Å²) in [7, 11) is 0. The van der Waals surface area contributed by atoms with E-state index in [9.17, 15) is 4.79 Å². The summed E-state index contributed by atoms with van der Waals surface area (Å²) in [5.74, 6) is 0.729. The number of thiophene rings is 1. The van der Waals surface area contributed by atoms with Gasteiger partial charge < -0.3 is 10.6 Å². The molecule has 0 saturated carbocycles. The van der Waals surface area contributed by atoms with E-state index in [1.165, 1.54) is 4.88 Å². The highest BCUT2D eigenvalue weighted by Crippen LogP contribution is 2.32. The molecule has 7 nitrogen and oxygen atoms in total. The molecule has 1 fully saturated rings. The maximum absolute atomic E-state index is 12.9. The molecule has 8 heteroatoms. The van der Waals surface area contributed by atoms with Crippen LogP contribution in [0.1, 0.15) is 53.0 Å². The minimum absolute atomic E-state index is 0.109. The van der Waals surface area contributed by atoms with E-state index in [1.807, 2.05) is 21.0 Å². The Morgan fingerprint density at radius 3 is 2.93 bits per heavy atom. The van der Waals surface area contributed by atoms with E-state index in [-0.39, 0.29) is 11.8 Å². The molecule has 4 heterocycles. The van der Waals surface area contributed by atoms with Crippen molar-refractivity contribution in [1.29, 1.82) is 0 Å². The van der Waals surface area contributed by atoms with Crippen LogP contribution in [-0.2, 0) is 6.54 Å². The molecule has 0 bridgehead atoms. The number of nitrogens with two attached hydrogens (primary N) is 1. The van der Waals surface area contributed by atoms with Crippen molar-refractivity contribution in [3.63, 3.8) is 0 Å². The van der Waals surface area contributed by atoms with Gasteiger partial charge in [-0.15, -0.1) is 11.3 Å². The standard InChI is InChI=1S/C19H24N6OS/c1-12(2)15-9-14(11-27-15)19(26)24-7-3-13(10-24)16-17-18(22-6-5-21-17)25(23-16)8-4-20/h5-6,9,11-13H,3-4,7-8,10,20H2,1-2H3/t13-/m1/s1. The summed E-state index contributed by atoms with van der Waals surface area (Å²) in [6.45, 7) is 6.81. The molecule has 2 N–H and O–H groups in total. The van der Waals surface area contributed by atoms with Crippen molar-refractivity contribution in [3.05, 3.63) is 40.0 Å². The fourth-order valence-corrected chi connectivity index (χ4v) is 4.50. The van der Waals surface area contributed by atoms with Crippen LogP contribution in [0.2, 0.25) is 0 Å². The monoisotopic (exact) mass is 384 g/mol. The Bertz CT molecular complexity index is 962. The second-order valence-corrected chi connectivity index (χ2v) is 8.20. The highest BCUT2D eigenvalue weighted by molar-refractivity contribution is 7.10. The first kappa shape index (κ1) is 18.1. The third-order valence-electron chi connectivity index (χ3n) is 5.03. The van der Waals surface area contributed by atoms with Crippen LogP contribution < -0.4 is 5.73 Å². The summed E-state index contributed by atoms with van der Waals surface area (Å²) in [6.07, 6.45) is 4.25. The first-order valence-corrected chi connectivity index (χ1v) is 10.2. The van der Waals surface area contributed by atoms with Gasteiger partial charge >= 0.3 is 0 Å². The van der Waals surface area contributed by atoms with Gasteiger partial charge in [0.1, 0.15) is 5.52 Å². The number of hydrogen-bond donors (Lipinski definition) is 1. The van der Waals surface area contributed by atoms with E-state index in [2.05, 4.69) is 23.8 Å². The van der Waals surface area contributed by atoms with Gasteiger partial charge in [-0.05, 0) is 18.4 Å². The Morgan fingerprint density at radius 2 is 2.19 bits per heavy atom. The van der Waals surface area contributed by atoms with E-state index in [4.69, 9.17) is 10.8 Å². The summed E-state index contributed by atoms with van der Waals surface area (Å²) in [4.78, 5) is 25.0. The van der Waals surface area contributed by atoms with Crippen molar-refractivity contribution in [1.82, 2.24) is 24.6 Å². The summed E-state index contributed by atoms with van der Waals surface area (Å²) in [6, 6.07) is 2.03. The largest absolute Gasteiger partial charge is 0.338 e. The molecular formula is C19H24N6OS. The van der Waals surface area contributed by atoms with E-state index in [0.717, 1.165) is 35.4 Å². The van der Waals surface area contributed by atoms with Gasteiger partial charge in [0, 0.05) is 48.2 Å². The molecule has 1 saturated heterocycles. The quantitative estimate of drug-likeness (QED) is 0.730. The lowest BCUT2D eigenvalue weighted by Crippen LogP contribution is -2.28. The summed E-state index contributed by atoms with van der Waals surface area (Å²) >= 11 is 1.66. The predicted molar refractivity (Wildman–Crippen MR) is 106 cm³/mol. The van der Waals surface area contributed by atoms with Crippen LogP contribution in [0, 0.1) is 0 Å². The lowest BCUT2D eigenvalue weighted by atomic mass is 10.0. The highest BCUT2D eigenvalue weighted by Gasteiger charge is 2.32. The molecule has 1 amide bonds. The molecule has 1 aliphatic rings. The first-order valence-electron chi connectivity index (χ1n) is 9.33. The zero-order chi connectivity index (χ0) is 19.0. The van der Waals surface area contributed by atoms with Crippen molar-refractivity contribution in [2.24, 2.45) is 5.73 Å². The fourth-order valence-electron chi connectivity index (χ4n) is 3.60. The van der Waals surface area contributed by atoms with Crippen LogP contribution in [0.4, 0.5) is 0 Å². The molecule has 1 aliphatic heterocycles. The molecule has 0 spiro atoms. The average Bonchev–Trinajstić information content (AvgIpc) is 3.40. The van der Waals surface area contributed by atoms with Crippen molar-refractivity contribution >= 4 is 28.4 Å². The van der Waals surface area contributed by atoms with Gasteiger partial charge in [-0.3, -0.25) is 4.79 Å². The third-order valence-corrected chi connectivity index (χ3v) is 6.27. The maximum Gasteiger partial charge on any atom is 0.254 e. The van der Waals surface area contributed by atoms with Crippen molar-refractivity contribution in [2.75, 3.05) is 19.6 Å². The van der Waals surface area contributed by atoms with E-state index in [1.54, 1.807) is 23.7 Å². The van der Waals surface area contributed by atoms with Gasteiger partial charge in [0.05, 0.1) is 17.8 Å². The molecule has 27 heavy (non-hydrogen) atoms. The number of aromatic nitrogens is 4. The van der Waals surface area contributed by atoms with Gasteiger partial charge in [0.2, 0.25) is 0 Å². The number of rotatable bonds is 5. The molecule has 3 aromatic heterocycles.